The van der Waals surface area contributed by atoms with Gasteiger partial charge in [0.15, 0.2) is 0 Å². The zero-order valence-corrected chi connectivity index (χ0v) is 16.0. The van der Waals surface area contributed by atoms with E-state index in [4.69, 9.17) is 4.99 Å². The number of hydrogen-bond donors (Lipinski definition) is 1. The Hall–Kier alpha value is -1.12. The summed E-state index contributed by atoms with van der Waals surface area (Å²) in [7, 11) is 0. The number of allylic oxidation sites excluding steroid dienone is 1. The quantitative estimate of drug-likeness (QED) is 0.721. The molecular weight excluding hydrogens is 310 g/mol. The van der Waals surface area contributed by atoms with E-state index in [1.54, 1.807) is 5.57 Å². The van der Waals surface area contributed by atoms with E-state index in [0.29, 0.717) is 23.7 Å². The van der Waals surface area contributed by atoms with Crippen LogP contribution in [0.2, 0.25) is 0 Å². The van der Waals surface area contributed by atoms with Crippen molar-refractivity contribution in [1.82, 2.24) is 0 Å². The fourth-order valence-corrected chi connectivity index (χ4v) is 7.13. The van der Waals surface area contributed by atoms with Crippen LogP contribution < -0.4 is 0 Å². The number of rotatable bonds is 4. The third kappa shape index (κ3) is 2.30. The molecule has 1 heterocycles. The minimum absolute atomic E-state index is 0.0182. The number of carbonyl (C=O) groups is 1. The molecule has 0 aromatic heterocycles. The standard InChI is InChI=1S/C22H33NO2/c1-14(2)17-9-11-21(3)16-8-7-15-5-4-6-18(15)22(21,12-10-19(24)25)20(17)23-13-16/h6,13-17,20H,4-5,7-12H2,1-3H3,(H,24,25). The molecule has 3 aliphatic carbocycles. The highest BCUT2D eigenvalue weighted by atomic mass is 16.4. The predicted molar refractivity (Wildman–Crippen MR) is 101 cm³/mol. The van der Waals surface area contributed by atoms with E-state index < -0.39 is 5.97 Å². The highest BCUT2D eigenvalue weighted by Crippen LogP contribution is 2.69. The zero-order chi connectivity index (χ0) is 17.8. The van der Waals surface area contributed by atoms with Crippen LogP contribution in [0.3, 0.4) is 0 Å². The smallest absolute Gasteiger partial charge is 0.303 e. The Kier molecular flexibility index (Phi) is 4.12. The van der Waals surface area contributed by atoms with E-state index in [0.717, 1.165) is 6.42 Å². The Morgan fingerprint density at radius 2 is 2.12 bits per heavy atom. The SMILES string of the molecule is CC(C)C1CCC2(C)C3C=NC1C2(CCC(=O)O)C1=CCCC1CC3. The molecular formula is C22H33NO2. The Labute approximate surface area is 152 Å². The van der Waals surface area contributed by atoms with Crippen LogP contribution in [0.5, 0.6) is 0 Å². The molecule has 0 aromatic rings. The van der Waals surface area contributed by atoms with Gasteiger partial charge in [-0.3, -0.25) is 9.79 Å². The number of aliphatic imine (C=N–C) groups is 1. The molecule has 1 aliphatic heterocycles. The van der Waals surface area contributed by atoms with Crippen molar-refractivity contribution in [2.24, 2.45) is 39.5 Å². The highest BCUT2D eigenvalue weighted by Gasteiger charge is 2.65. The Balaban J connectivity index is 1.90. The lowest BCUT2D eigenvalue weighted by molar-refractivity contribution is -0.139. The van der Waals surface area contributed by atoms with Crippen molar-refractivity contribution in [3.8, 4) is 0 Å². The van der Waals surface area contributed by atoms with Crippen LogP contribution in [0.25, 0.3) is 0 Å². The molecule has 0 spiro atoms. The minimum Gasteiger partial charge on any atom is -0.481 e. The predicted octanol–water partition coefficient (Wildman–Crippen LogP) is 5.11. The fraction of sp³-hybridized carbons (Fsp3) is 0.818. The molecule has 0 aromatic carbocycles. The third-order valence-corrected chi connectivity index (χ3v) is 8.42. The van der Waals surface area contributed by atoms with Crippen LogP contribution in [-0.4, -0.2) is 23.3 Å². The summed E-state index contributed by atoms with van der Waals surface area (Å²) < 4.78 is 0. The van der Waals surface area contributed by atoms with Crippen LogP contribution in [0.1, 0.15) is 72.1 Å². The first kappa shape index (κ1) is 17.3. The summed E-state index contributed by atoms with van der Waals surface area (Å²) in [5.74, 6) is 1.74. The van der Waals surface area contributed by atoms with Crippen molar-refractivity contribution in [2.75, 3.05) is 0 Å². The van der Waals surface area contributed by atoms with E-state index >= 15 is 0 Å². The van der Waals surface area contributed by atoms with Gasteiger partial charge < -0.3 is 5.11 Å². The van der Waals surface area contributed by atoms with Gasteiger partial charge in [-0.15, -0.1) is 0 Å². The second-order valence-corrected chi connectivity index (χ2v) is 9.59. The van der Waals surface area contributed by atoms with E-state index in [2.05, 4.69) is 33.1 Å². The van der Waals surface area contributed by atoms with Crippen LogP contribution in [-0.2, 0) is 4.79 Å². The van der Waals surface area contributed by atoms with Gasteiger partial charge in [0.1, 0.15) is 0 Å². The van der Waals surface area contributed by atoms with Crippen LogP contribution in [0.4, 0.5) is 0 Å². The van der Waals surface area contributed by atoms with Crippen molar-refractivity contribution in [3.63, 3.8) is 0 Å². The molecule has 3 nitrogen and oxygen atoms in total. The molecule has 138 valence electrons. The molecule has 2 saturated carbocycles. The highest BCUT2D eigenvalue weighted by molar-refractivity contribution is 5.68. The minimum atomic E-state index is -0.650. The van der Waals surface area contributed by atoms with Crippen molar-refractivity contribution in [1.29, 1.82) is 0 Å². The molecule has 4 aliphatic rings. The maximum Gasteiger partial charge on any atom is 0.303 e. The molecule has 4 rings (SSSR count). The first-order valence-electron chi connectivity index (χ1n) is 10.4. The van der Waals surface area contributed by atoms with Crippen molar-refractivity contribution in [2.45, 2.75) is 78.2 Å². The third-order valence-electron chi connectivity index (χ3n) is 8.42. The molecule has 4 bridgehead atoms. The molecule has 2 fully saturated rings. The van der Waals surface area contributed by atoms with E-state index in [-0.39, 0.29) is 23.3 Å². The average Bonchev–Trinajstić information content (AvgIpc) is 2.99. The number of nitrogens with zero attached hydrogens (tertiary/aromatic N) is 1. The topological polar surface area (TPSA) is 49.7 Å². The summed E-state index contributed by atoms with van der Waals surface area (Å²) in [4.78, 5) is 16.8. The van der Waals surface area contributed by atoms with Gasteiger partial charge in [-0.25, -0.2) is 0 Å². The summed E-state index contributed by atoms with van der Waals surface area (Å²) in [5.41, 5.74) is 1.78. The van der Waals surface area contributed by atoms with Crippen molar-refractivity contribution in [3.05, 3.63) is 11.6 Å². The van der Waals surface area contributed by atoms with Gasteiger partial charge in [0.05, 0.1) is 6.04 Å². The lowest BCUT2D eigenvalue weighted by atomic mass is 9.43. The van der Waals surface area contributed by atoms with Crippen molar-refractivity contribution >= 4 is 12.2 Å². The second kappa shape index (κ2) is 5.96. The van der Waals surface area contributed by atoms with E-state index in [9.17, 15) is 9.90 Å². The summed E-state index contributed by atoms with van der Waals surface area (Å²) in [6, 6.07) is 0.284. The molecule has 3 heteroatoms. The Morgan fingerprint density at radius 3 is 2.84 bits per heavy atom. The van der Waals surface area contributed by atoms with E-state index in [1.807, 2.05) is 0 Å². The zero-order valence-electron chi connectivity index (χ0n) is 16.0. The van der Waals surface area contributed by atoms with Gasteiger partial charge in [-0.2, -0.15) is 0 Å². The van der Waals surface area contributed by atoms with Crippen LogP contribution >= 0.6 is 0 Å². The lowest BCUT2D eigenvalue weighted by Gasteiger charge is -2.63. The number of carboxylic acid groups (broad SMARTS) is 1. The van der Waals surface area contributed by atoms with Gasteiger partial charge in [0.2, 0.25) is 0 Å². The average molecular weight is 344 g/mol. The first-order valence-corrected chi connectivity index (χ1v) is 10.4. The van der Waals surface area contributed by atoms with Gasteiger partial charge in [-0.05, 0) is 68.1 Å². The molecule has 1 N–H and O–H groups in total. The van der Waals surface area contributed by atoms with Gasteiger partial charge in [0.25, 0.3) is 0 Å². The summed E-state index contributed by atoms with van der Waals surface area (Å²) in [6.45, 7) is 7.14. The normalized spacial score (nSPS) is 45.0. The van der Waals surface area contributed by atoms with Crippen molar-refractivity contribution < 1.29 is 9.90 Å². The van der Waals surface area contributed by atoms with Crippen LogP contribution in [0.15, 0.2) is 16.6 Å². The summed E-state index contributed by atoms with van der Waals surface area (Å²) in [6.07, 6.45) is 13.3. The van der Waals surface area contributed by atoms with Gasteiger partial charge in [-0.1, -0.05) is 32.4 Å². The Morgan fingerprint density at radius 1 is 1.32 bits per heavy atom. The van der Waals surface area contributed by atoms with Gasteiger partial charge in [0, 0.05) is 24.0 Å². The molecule has 6 atom stereocenters. The van der Waals surface area contributed by atoms with Crippen LogP contribution in [0, 0.1) is 34.5 Å². The summed E-state index contributed by atoms with van der Waals surface area (Å²) >= 11 is 0. The molecule has 6 unspecified atom stereocenters. The molecule has 0 radical (unpaired) electrons. The number of carboxylic acids is 1. The monoisotopic (exact) mass is 343 g/mol. The number of fused-ring (bicyclic) bond motifs is 1. The summed E-state index contributed by atoms with van der Waals surface area (Å²) in [5, 5.41) is 9.51. The second-order valence-electron chi connectivity index (χ2n) is 9.59. The first-order chi connectivity index (χ1) is 11.9. The maximum absolute atomic E-state index is 11.6. The number of hydrogen-bond acceptors (Lipinski definition) is 2. The molecule has 0 amide bonds. The molecule has 25 heavy (non-hydrogen) atoms. The lowest BCUT2D eigenvalue weighted by Crippen LogP contribution is -2.61. The number of aliphatic carboxylic acids is 1. The Bertz CT molecular complexity index is 622. The maximum atomic E-state index is 11.6. The van der Waals surface area contributed by atoms with Gasteiger partial charge >= 0.3 is 5.97 Å². The van der Waals surface area contributed by atoms with E-state index in [1.165, 1.54) is 38.5 Å². The fourth-order valence-electron chi connectivity index (χ4n) is 7.13. The molecule has 0 saturated heterocycles. The largest absolute Gasteiger partial charge is 0.481 e.